The van der Waals surface area contributed by atoms with Crippen molar-refractivity contribution < 1.29 is 5.73 Å². The summed E-state index contributed by atoms with van der Waals surface area (Å²) in [6, 6.07) is 5.81. The number of nitrogen functional groups attached to an aromatic ring is 1. The Balaban J connectivity index is 1.89. The summed E-state index contributed by atoms with van der Waals surface area (Å²) in [6.45, 7) is 0.974. The topological polar surface area (TPSA) is 66.5 Å². The number of fused-ring (bicyclic) bond motifs is 5. The maximum atomic E-state index is 6.52. The Kier molecular flexibility index (Phi) is 3.35. The molecule has 1 aromatic heterocycles. The van der Waals surface area contributed by atoms with Crippen molar-refractivity contribution in [3.05, 3.63) is 46.1 Å². The molecule has 4 heteroatoms. The zero-order valence-corrected chi connectivity index (χ0v) is 13.4. The minimum Gasteiger partial charge on any atom is -0.398 e. The molecular weight excluding hydrogens is 294 g/mol. The Labute approximate surface area is 135 Å². The summed E-state index contributed by atoms with van der Waals surface area (Å²) in [5, 5.41) is 1.74. The minimum atomic E-state index is 0.427. The Morgan fingerprint density at radius 1 is 1.32 bits per heavy atom. The molecule has 0 spiro atoms. The second-order valence-electron chi connectivity index (χ2n) is 6.59. The molecule has 1 heterocycles. The molecule has 22 heavy (non-hydrogen) atoms. The molecule has 0 amide bonds. The number of benzene rings is 1. The molecule has 0 aliphatic heterocycles. The third-order valence-electron chi connectivity index (χ3n) is 5.03. The summed E-state index contributed by atoms with van der Waals surface area (Å²) < 4.78 is 0. The predicted octanol–water partition coefficient (Wildman–Crippen LogP) is 3.08. The second kappa shape index (κ2) is 5.25. The molecular formula is C18H21ClN3+. The first kappa shape index (κ1) is 14.0. The summed E-state index contributed by atoms with van der Waals surface area (Å²) in [5.74, 6) is 1.13. The number of hydrogen-bond donors (Lipinski definition) is 2. The quantitative estimate of drug-likeness (QED) is 0.837. The van der Waals surface area contributed by atoms with E-state index < -0.39 is 0 Å². The molecule has 1 aromatic carbocycles. The number of halogens is 1. The second-order valence-corrected chi connectivity index (χ2v) is 7.03. The van der Waals surface area contributed by atoms with E-state index in [0.717, 1.165) is 36.0 Å². The van der Waals surface area contributed by atoms with Crippen molar-refractivity contribution in [2.24, 2.45) is 5.92 Å². The molecule has 2 aliphatic rings. The van der Waals surface area contributed by atoms with Gasteiger partial charge in [-0.1, -0.05) is 23.3 Å². The van der Waals surface area contributed by atoms with Gasteiger partial charge in [0.05, 0.1) is 12.1 Å². The molecule has 2 aromatic rings. The molecule has 2 atom stereocenters. The molecule has 0 saturated heterocycles. The fraction of sp³-hybridized carbons (Fsp3) is 0.389. The lowest BCUT2D eigenvalue weighted by molar-refractivity contribution is -0.366. The predicted molar refractivity (Wildman–Crippen MR) is 90.8 cm³/mol. The van der Waals surface area contributed by atoms with Gasteiger partial charge in [-0.3, -0.25) is 4.98 Å². The van der Waals surface area contributed by atoms with Crippen LogP contribution in [0.1, 0.15) is 36.4 Å². The maximum absolute atomic E-state index is 6.52. The SMILES string of the molecule is Nc1c2c(nc3cc(Cl)ccc13)C[C@@H]1CC(CC[NH3+])=C[C@H]2C1. The number of anilines is 1. The van der Waals surface area contributed by atoms with Crippen molar-refractivity contribution in [3.8, 4) is 0 Å². The van der Waals surface area contributed by atoms with E-state index in [4.69, 9.17) is 22.3 Å². The van der Waals surface area contributed by atoms with Gasteiger partial charge in [-0.25, -0.2) is 0 Å². The standard InChI is InChI=1S/C18H20ClN3/c19-13-1-2-14-15(9-13)22-16-8-11-5-10(3-4-20)6-12(7-11)17(16)18(14)21/h1-2,6,9,11-12H,3-5,7-8,20H2,(H2,21,22)/p+1/t11-,12+/m1/s1. The summed E-state index contributed by atoms with van der Waals surface area (Å²) in [5.41, 5.74) is 16.3. The van der Waals surface area contributed by atoms with Gasteiger partial charge in [-0.15, -0.1) is 0 Å². The first-order valence-electron chi connectivity index (χ1n) is 8.02. The molecule has 4 rings (SSSR count). The molecule has 3 nitrogen and oxygen atoms in total. The van der Waals surface area contributed by atoms with Crippen LogP contribution in [0, 0.1) is 5.92 Å². The molecule has 0 radical (unpaired) electrons. The van der Waals surface area contributed by atoms with Crippen LogP contribution < -0.4 is 11.5 Å². The fourth-order valence-electron chi connectivity index (χ4n) is 4.18. The van der Waals surface area contributed by atoms with Gasteiger partial charge in [0.2, 0.25) is 0 Å². The van der Waals surface area contributed by atoms with Crippen LogP contribution in [-0.4, -0.2) is 11.5 Å². The first-order valence-corrected chi connectivity index (χ1v) is 8.40. The first-order chi connectivity index (χ1) is 10.7. The van der Waals surface area contributed by atoms with Crippen LogP contribution in [0.15, 0.2) is 29.8 Å². The number of pyridine rings is 1. The monoisotopic (exact) mass is 314 g/mol. The van der Waals surface area contributed by atoms with E-state index >= 15 is 0 Å². The van der Waals surface area contributed by atoms with E-state index in [0.29, 0.717) is 16.9 Å². The third kappa shape index (κ3) is 2.20. The number of hydrogen-bond acceptors (Lipinski definition) is 2. The average Bonchev–Trinajstić information content (AvgIpc) is 2.46. The van der Waals surface area contributed by atoms with Crippen molar-refractivity contribution in [1.29, 1.82) is 0 Å². The van der Waals surface area contributed by atoms with Crippen molar-refractivity contribution in [3.63, 3.8) is 0 Å². The van der Waals surface area contributed by atoms with Crippen LogP contribution >= 0.6 is 11.6 Å². The zero-order valence-electron chi connectivity index (χ0n) is 12.6. The van der Waals surface area contributed by atoms with Crippen LogP contribution in [-0.2, 0) is 6.42 Å². The zero-order chi connectivity index (χ0) is 15.3. The molecule has 5 N–H and O–H groups in total. The largest absolute Gasteiger partial charge is 0.398 e. The van der Waals surface area contributed by atoms with E-state index in [1.165, 1.54) is 24.1 Å². The lowest BCUT2D eigenvalue weighted by Gasteiger charge is -2.35. The van der Waals surface area contributed by atoms with Crippen molar-refractivity contribution in [2.45, 2.75) is 31.6 Å². The minimum absolute atomic E-state index is 0.427. The van der Waals surface area contributed by atoms with E-state index in [1.54, 1.807) is 5.57 Å². The number of quaternary nitrogens is 1. The summed E-state index contributed by atoms with van der Waals surface area (Å²) in [6.07, 6.45) is 6.98. The van der Waals surface area contributed by atoms with E-state index in [1.807, 2.05) is 18.2 Å². The molecule has 2 aliphatic carbocycles. The van der Waals surface area contributed by atoms with Crippen LogP contribution in [0.25, 0.3) is 10.9 Å². The number of allylic oxidation sites excluding steroid dienone is 1. The smallest absolute Gasteiger partial charge is 0.0777 e. The van der Waals surface area contributed by atoms with Gasteiger partial charge in [0.25, 0.3) is 0 Å². The number of nitrogens with two attached hydrogens (primary N) is 1. The van der Waals surface area contributed by atoms with Gasteiger partial charge >= 0.3 is 0 Å². The van der Waals surface area contributed by atoms with Gasteiger partial charge < -0.3 is 11.5 Å². The number of nitrogens with zero attached hydrogens (tertiary/aromatic N) is 1. The molecule has 0 fully saturated rings. The normalized spacial score (nSPS) is 23.3. The molecule has 114 valence electrons. The van der Waals surface area contributed by atoms with Crippen molar-refractivity contribution in [2.75, 3.05) is 12.3 Å². The highest BCUT2D eigenvalue weighted by molar-refractivity contribution is 6.31. The Bertz CT molecular complexity index is 781. The lowest BCUT2D eigenvalue weighted by Crippen LogP contribution is -2.50. The average molecular weight is 315 g/mol. The van der Waals surface area contributed by atoms with Crippen LogP contribution in [0.4, 0.5) is 5.69 Å². The summed E-state index contributed by atoms with van der Waals surface area (Å²) in [4.78, 5) is 4.88. The lowest BCUT2D eigenvalue weighted by atomic mass is 9.70. The van der Waals surface area contributed by atoms with E-state index in [-0.39, 0.29) is 0 Å². The Morgan fingerprint density at radius 2 is 2.18 bits per heavy atom. The summed E-state index contributed by atoms with van der Waals surface area (Å²) >= 11 is 6.11. The fourth-order valence-corrected chi connectivity index (χ4v) is 4.34. The molecule has 0 saturated carbocycles. The summed E-state index contributed by atoms with van der Waals surface area (Å²) in [7, 11) is 0. The van der Waals surface area contributed by atoms with Gasteiger partial charge in [-0.05, 0) is 43.4 Å². The Morgan fingerprint density at radius 3 is 3.00 bits per heavy atom. The van der Waals surface area contributed by atoms with E-state index in [2.05, 4.69) is 11.8 Å². The van der Waals surface area contributed by atoms with Crippen molar-refractivity contribution in [1.82, 2.24) is 4.98 Å². The van der Waals surface area contributed by atoms with Gasteiger partial charge in [0, 0.05) is 39.7 Å². The highest BCUT2D eigenvalue weighted by Crippen LogP contribution is 2.46. The third-order valence-corrected chi connectivity index (χ3v) is 5.27. The number of aromatic nitrogens is 1. The van der Waals surface area contributed by atoms with Crippen LogP contribution in [0.2, 0.25) is 5.02 Å². The Hall–Kier alpha value is -1.58. The van der Waals surface area contributed by atoms with Gasteiger partial charge in [-0.2, -0.15) is 0 Å². The van der Waals surface area contributed by atoms with Crippen LogP contribution in [0.3, 0.4) is 0 Å². The number of rotatable bonds is 2. The van der Waals surface area contributed by atoms with Crippen molar-refractivity contribution >= 4 is 28.2 Å². The van der Waals surface area contributed by atoms with E-state index in [9.17, 15) is 0 Å². The van der Waals surface area contributed by atoms with Gasteiger partial charge in [0.1, 0.15) is 0 Å². The highest BCUT2D eigenvalue weighted by atomic mass is 35.5. The molecule has 0 unspecified atom stereocenters. The van der Waals surface area contributed by atoms with Gasteiger partial charge in [0.15, 0.2) is 0 Å². The maximum Gasteiger partial charge on any atom is 0.0777 e. The molecule has 2 bridgehead atoms. The highest BCUT2D eigenvalue weighted by Gasteiger charge is 2.33. The van der Waals surface area contributed by atoms with Crippen LogP contribution in [0.5, 0.6) is 0 Å².